The van der Waals surface area contributed by atoms with Crippen LogP contribution in [0.15, 0.2) is 66.0 Å². The number of aliphatic hydroxyl groups excluding tert-OH is 1. The third kappa shape index (κ3) is 5.40. The molecule has 1 aromatic carbocycles. The summed E-state index contributed by atoms with van der Waals surface area (Å²) in [5.41, 5.74) is 0.267. The molecule has 0 saturated carbocycles. The highest BCUT2D eigenvalue weighted by molar-refractivity contribution is 5.93. The number of hydrogen-bond donors (Lipinski definition) is 1. The summed E-state index contributed by atoms with van der Waals surface area (Å²) in [5, 5.41) is 9.27. The smallest absolute Gasteiger partial charge is 0.406 e. The number of ether oxygens (including phenoxy) is 1. The Labute approximate surface area is 192 Å². The molecule has 7 nitrogen and oxygen atoms in total. The van der Waals surface area contributed by atoms with Gasteiger partial charge in [-0.3, -0.25) is 14.3 Å². The van der Waals surface area contributed by atoms with Gasteiger partial charge in [-0.15, -0.1) is 13.2 Å². The van der Waals surface area contributed by atoms with E-state index in [0.717, 1.165) is 18.5 Å². The number of fused-ring (bicyclic) bond motifs is 1. The van der Waals surface area contributed by atoms with Crippen LogP contribution in [0.5, 0.6) is 5.75 Å². The first-order valence-corrected chi connectivity index (χ1v) is 9.84. The van der Waals surface area contributed by atoms with Gasteiger partial charge in [0.15, 0.2) is 6.10 Å². The van der Waals surface area contributed by atoms with Crippen LogP contribution in [0.1, 0.15) is 0 Å². The molecule has 0 radical (unpaired) electrons. The van der Waals surface area contributed by atoms with Crippen LogP contribution in [0.4, 0.5) is 26.3 Å². The fourth-order valence-corrected chi connectivity index (χ4v) is 3.27. The second-order valence-electron chi connectivity index (χ2n) is 7.33. The van der Waals surface area contributed by atoms with Crippen LogP contribution in [0.3, 0.4) is 0 Å². The Bertz CT molecular complexity index is 1400. The second-order valence-corrected chi connectivity index (χ2v) is 7.33. The lowest BCUT2D eigenvalue weighted by atomic mass is 10.1. The minimum absolute atomic E-state index is 0.0709. The summed E-state index contributed by atoms with van der Waals surface area (Å²) in [6.07, 6.45) is -8.81. The van der Waals surface area contributed by atoms with Crippen molar-refractivity contribution in [1.82, 2.24) is 19.5 Å². The molecule has 0 fully saturated rings. The standard InChI is InChI=1S/C22H14F6N4O3/c23-21(24,25)17(33)10-32-11-30-19-15(20(32)34)8-16(31-18(19)13-2-1-7-29-9-13)12-3-5-14(6-4-12)35-22(26,27)28/h1-9,11,17,33H,10H2/t17-/m0/s1. The highest BCUT2D eigenvalue weighted by atomic mass is 19.4. The van der Waals surface area contributed by atoms with E-state index in [-0.39, 0.29) is 22.3 Å². The van der Waals surface area contributed by atoms with Crippen molar-refractivity contribution in [2.75, 3.05) is 0 Å². The highest BCUT2D eigenvalue weighted by Gasteiger charge is 2.38. The molecule has 3 heterocycles. The Balaban J connectivity index is 1.86. The molecule has 0 aliphatic carbocycles. The quantitative estimate of drug-likeness (QED) is 0.414. The summed E-state index contributed by atoms with van der Waals surface area (Å²) in [6, 6.07) is 9.16. The van der Waals surface area contributed by atoms with Crippen molar-refractivity contribution >= 4 is 10.9 Å². The van der Waals surface area contributed by atoms with Gasteiger partial charge in [0.2, 0.25) is 0 Å². The van der Waals surface area contributed by atoms with E-state index in [0.29, 0.717) is 15.7 Å². The number of nitrogens with zero attached hydrogens (tertiary/aromatic N) is 4. The number of rotatable bonds is 5. The van der Waals surface area contributed by atoms with Gasteiger partial charge in [0.05, 0.1) is 29.6 Å². The molecule has 35 heavy (non-hydrogen) atoms. The Kier molecular flexibility index (Phi) is 6.19. The number of halogens is 6. The van der Waals surface area contributed by atoms with Crippen molar-refractivity contribution in [3.63, 3.8) is 0 Å². The molecule has 0 amide bonds. The van der Waals surface area contributed by atoms with Gasteiger partial charge in [0, 0.05) is 23.5 Å². The number of hydrogen-bond acceptors (Lipinski definition) is 6. The molecule has 0 spiro atoms. The Morgan fingerprint density at radius 3 is 2.34 bits per heavy atom. The molecular weight excluding hydrogens is 482 g/mol. The van der Waals surface area contributed by atoms with E-state index in [1.807, 2.05) is 0 Å². The largest absolute Gasteiger partial charge is 0.573 e. The summed E-state index contributed by atoms with van der Waals surface area (Å²) in [7, 11) is 0. The zero-order valence-corrected chi connectivity index (χ0v) is 17.4. The molecule has 13 heteroatoms. The first kappa shape index (κ1) is 24.1. The highest BCUT2D eigenvalue weighted by Crippen LogP contribution is 2.30. The van der Waals surface area contributed by atoms with E-state index in [2.05, 4.69) is 19.7 Å². The third-order valence-electron chi connectivity index (χ3n) is 4.88. The van der Waals surface area contributed by atoms with Crippen molar-refractivity contribution in [2.45, 2.75) is 25.2 Å². The molecular formula is C22H14F6N4O3. The van der Waals surface area contributed by atoms with E-state index < -0.39 is 36.5 Å². The Morgan fingerprint density at radius 2 is 1.74 bits per heavy atom. The maximum atomic E-state index is 13.0. The normalized spacial score (nSPS) is 13.1. The van der Waals surface area contributed by atoms with Crippen LogP contribution in [-0.2, 0) is 6.54 Å². The maximum absolute atomic E-state index is 13.0. The first-order valence-electron chi connectivity index (χ1n) is 9.84. The lowest BCUT2D eigenvalue weighted by molar-refractivity contribution is -0.274. The molecule has 0 aliphatic rings. The number of aromatic nitrogens is 4. The van der Waals surface area contributed by atoms with Crippen LogP contribution < -0.4 is 10.3 Å². The third-order valence-corrected chi connectivity index (χ3v) is 4.88. The van der Waals surface area contributed by atoms with Crippen LogP contribution in [0, 0.1) is 0 Å². The zero-order chi connectivity index (χ0) is 25.4. The van der Waals surface area contributed by atoms with Crippen molar-refractivity contribution in [2.24, 2.45) is 0 Å². The summed E-state index contributed by atoms with van der Waals surface area (Å²) in [6.45, 7) is -1.07. The fraction of sp³-hybridized carbons (Fsp3) is 0.182. The molecule has 3 aromatic heterocycles. The van der Waals surface area contributed by atoms with E-state index in [4.69, 9.17) is 0 Å². The lowest BCUT2D eigenvalue weighted by Gasteiger charge is -2.16. The predicted octanol–water partition coefficient (Wildman–Crippen LogP) is 4.34. The molecule has 4 aromatic rings. The summed E-state index contributed by atoms with van der Waals surface area (Å²) in [5.74, 6) is -0.473. The van der Waals surface area contributed by atoms with Crippen molar-refractivity contribution in [3.8, 4) is 28.3 Å². The SMILES string of the molecule is O=c1c2cc(-c3ccc(OC(F)(F)F)cc3)nc(-c3cccnc3)c2ncn1C[C@H](O)C(F)(F)F. The van der Waals surface area contributed by atoms with Crippen LogP contribution in [-0.4, -0.2) is 43.3 Å². The summed E-state index contributed by atoms with van der Waals surface area (Å²) >= 11 is 0. The molecule has 0 bridgehead atoms. The first-order chi connectivity index (χ1) is 16.4. The Hall–Kier alpha value is -4.00. The van der Waals surface area contributed by atoms with Crippen LogP contribution in [0.25, 0.3) is 33.4 Å². The van der Waals surface area contributed by atoms with Gasteiger partial charge in [-0.25, -0.2) is 9.97 Å². The van der Waals surface area contributed by atoms with E-state index in [1.165, 1.54) is 30.6 Å². The van der Waals surface area contributed by atoms with Crippen LogP contribution in [0.2, 0.25) is 0 Å². The van der Waals surface area contributed by atoms with Gasteiger partial charge in [-0.05, 0) is 42.5 Å². The maximum Gasteiger partial charge on any atom is 0.573 e. The monoisotopic (exact) mass is 496 g/mol. The average Bonchev–Trinajstić information content (AvgIpc) is 2.80. The molecule has 1 atom stereocenters. The van der Waals surface area contributed by atoms with Crippen molar-refractivity contribution < 1.29 is 36.2 Å². The number of aliphatic hydroxyl groups is 1. The molecule has 0 unspecified atom stereocenters. The minimum atomic E-state index is -4.95. The van der Waals surface area contributed by atoms with E-state index in [1.54, 1.807) is 12.1 Å². The summed E-state index contributed by atoms with van der Waals surface area (Å²) < 4.78 is 80.2. The number of pyridine rings is 2. The Morgan fingerprint density at radius 1 is 1.03 bits per heavy atom. The van der Waals surface area contributed by atoms with Gasteiger partial charge >= 0.3 is 12.5 Å². The van der Waals surface area contributed by atoms with Crippen molar-refractivity contribution in [3.05, 3.63) is 71.5 Å². The molecule has 1 N–H and O–H groups in total. The number of benzene rings is 1. The number of alkyl halides is 6. The lowest BCUT2D eigenvalue weighted by Crippen LogP contribution is -2.36. The zero-order valence-electron chi connectivity index (χ0n) is 17.4. The van der Waals surface area contributed by atoms with E-state index >= 15 is 0 Å². The fourth-order valence-electron chi connectivity index (χ4n) is 3.27. The van der Waals surface area contributed by atoms with Crippen molar-refractivity contribution in [1.29, 1.82) is 0 Å². The average molecular weight is 496 g/mol. The van der Waals surface area contributed by atoms with Gasteiger partial charge in [0.1, 0.15) is 11.3 Å². The summed E-state index contributed by atoms with van der Waals surface area (Å²) in [4.78, 5) is 25.6. The predicted molar refractivity (Wildman–Crippen MR) is 111 cm³/mol. The van der Waals surface area contributed by atoms with Gasteiger partial charge < -0.3 is 9.84 Å². The topological polar surface area (TPSA) is 90.1 Å². The van der Waals surface area contributed by atoms with Crippen LogP contribution >= 0.6 is 0 Å². The van der Waals surface area contributed by atoms with Gasteiger partial charge in [-0.1, -0.05) is 0 Å². The molecule has 4 rings (SSSR count). The molecule has 0 aliphatic heterocycles. The molecule has 182 valence electrons. The second kappa shape index (κ2) is 8.98. The molecule has 0 saturated heterocycles. The van der Waals surface area contributed by atoms with Gasteiger partial charge in [-0.2, -0.15) is 13.2 Å². The van der Waals surface area contributed by atoms with E-state index in [9.17, 15) is 36.2 Å². The van der Waals surface area contributed by atoms with Gasteiger partial charge in [0.25, 0.3) is 5.56 Å². The minimum Gasteiger partial charge on any atom is -0.406 e.